The molecule has 0 aliphatic carbocycles. The predicted octanol–water partition coefficient (Wildman–Crippen LogP) is 4.26. The first-order valence-corrected chi connectivity index (χ1v) is 10.9. The fourth-order valence-corrected chi connectivity index (χ4v) is 4.91. The van der Waals surface area contributed by atoms with Crippen molar-refractivity contribution in [3.8, 4) is 22.9 Å². The number of nitrogens with one attached hydrogen (secondary N) is 2. The minimum atomic E-state index is -0.133. The average Bonchev–Trinajstić information content (AvgIpc) is 3.31. The van der Waals surface area contributed by atoms with Gasteiger partial charge < -0.3 is 14.5 Å². The van der Waals surface area contributed by atoms with Crippen molar-refractivity contribution in [1.29, 1.82) is 0 Å². The van der Waals surface area contributed by atoms with E-state index in [2.05, 4.69) is 25.1 Å². The molecule has 3 aromatic heterocycles. The fourth-order valence-electron chi connectivity index (χ4n) is 3.09. The van der Waals surface area contributed by atoms with Gasteiger partial charge in [0.1, 0.15) is 22.2 Å². The van der Waals surface area contributed by atoms with Crippen LogP contribution in [0.2, 0.25) is 0 Å². The lowest BCUT2D eigenvalue weighted by molar-refractivity contribution is 0.395. The van der Waals surface area contributed by atoms with Gasteiger partial charge in [-0.2, -0.15) is 0 Å². The van der Waals surface area contributed by atoms with Crippen LogP contribution in [0.15, 0.2) is 28.2 Å². The molecule has 0 saturated heterocycles. The maximum atomic E-state index is 12.5. The minimum Gasteiger partial charge on any atom is -0.497 e. The van der Waals surface area contributed by atoms with Gasteiger partial charge in [0.2, 0.25) is 5.16 Å². The molecule has 1 atom stereocenters. The summed E-state index contributed by atoms with van der Waals surface area (Å²) < 4.78 is 10.7. The molecule has 4 rings (SSSR count). The number of methoxy groups -OCH3 is 2. The first-order chi connectivity index (χ1) is 14.4. The second kappa shape index (κ2) is 8.11. The summed E-state index contributed by atoms with van der Waals surface area (Å²) in [4.78, 5) is 26.6. The Morgan fingerprint density at radius 2 is 1.97 bits per heavy atom. The lowest BCUT2D eigenvalue weighted by Gasteiger charge is -2.08. The molecule has 0 saturated carbocycles. The lowest BCUT2D eigenvalue weighted by Crippen LogP contribution is -2.12. The van der Waals surface area contributed by atoms with Crippen molar-refractivity contribution in [2.24, 2.45) is 0 Å². The molecule has 3 heterocycles. The highest BCUT2D eigenvalue weighted by atomic mass is 32.2. The van der Waals surface area contributed by atoms with E-state index in [0.717, 1.165) is 20.8 Å². The van der Waals surface area contributed by atoms with E-state index < -0.39 is 0 Å². The molecule has 0 fully saturated rings. The van der Waals surface area contributed by atoms with Crippen LogP contribution >= 0.6 is 23.1 Å². The van der Waals surface area contributed by atoms with Crippen molar-refractivity contribution in [1.82, 2.24) is 25.1 Å². The molecule has 30 heavy (non-hydrogen) atoms. The van der Waals surface area contributed by atoms with Gasteiger partial charge in [-0.15, -0.1) is 16.4 Å². The Hall–Kier alpha value is -2.85. The molecule has 0 bridgehead atoms. The van der Waals surface area contributed by atoms with Crippen LogP contribution in [0.25, 0.3) is 21.6 Å². The van der Waals surface area contributed by atoms with Crippen molar-refractivity contribution >= 4 is 33.3 Å². The summed E-state index contributed by atoms with van der Waals surface area (Å²) in [6.45, 7) is 5.92. The summed E-state index contributed by atoms with van der Waals surface area (Å²) in [6, 6.07) is 5.50. The van der Waals surface area contributed by atoms with Crippen molar-refractivity contribution < 1.29 is 9.47 Å². The minimum absolute atomic E-state index is 0.108. The second-order valence-corrected chi connectivity index (χ2v) is 9.22. The van der Waals surface area contributed by atoms with E-state index in [1.165, 1.54) is 23.1 Å². The number of ether oxygens (including phenoxy) is 2. The zero-order valence-corrected chi connectivity index (χ0v) is 18.8. The van der Waals surface area contributed by atoms with Crippen molar-refractivity contribution in [2.45, 2.75) is 31.2 Å². The summed E-state index contributed by atoms with van der Waals surface area (Å²) >= 11 is 2.95. The Morgan fingerprint density at radius 3 is 2.70 bits per heavy atom. The van der Waals surface area contributed by atoms with E-state index in [9.17, 15) is 4.79 Å². The molecule has 0 amide bonds. The highest BCUT2D eigenvalue weighted by Crippen LogP contribution is 2.35. The Balaban J connectivity index is 1.60. The number of hydrogen-bond donors (Lipinski definition) is 2. The average molecular weight is 444 g/mol. The Kier molecular flexibility index (Phi) is 5.52. The highest BCUT2D eigenvalue weighted by molar-refractivity contribution is 7.99. The number of benzene rings is 1. The molecule has 8 nitrogen and oxygen atoms in total. The van der Waals surface area contributed by atoms with E-state index in [4.69, 9.17) is 9.47 Å². The maximum Gasteiger partial charge on any atom is 0.259 e. The molecule has 0 radical (unpaired) electrons. The zero-order valence-electron chi connectivity index (χ0n) is 17.2. The molecule has 0 aliphatic heterocycles. The van der Waals surface area contributed by atoms with Crippen LogP contribution < -0.4 is 15.0 Å². The van der Waals surface area contributed by atoms with E-state index in [1.807, 2.05) is 32.9 Å². The van der Waals surface area contributed by atoms with Crippen molar-refractivity contribution in [3.63, 3.8) is 0 Å². The SMILES string of the molecule is COc1ccc(-c2nc(SC(C)c3nc4sc(C)c(C)c4c(=O)[nH]3)n[nH]2)c(OC)c1. The Morgan fingerprint density at radius 1 is 1.17 bits per heavy atom. The topological polar surface area (TPSA) is 106 Å². The number of hydrogen-bond acceptors (Lipinski definition) is 8. The fraction of sp³-hybridized carbons (Fsp3) is 0.300. The standard InChI is InChI=1S/C20H21N5O3S2/c1-9-10(2)29-19-15(9)18(26)21-16(22-19)11(3)30-20-23-17(24-25-20)13-7-6-12(27-4)8-14(13)28-5/h6-8,11H,1-5H3,(H,21,22,26)(H,23,24,25). The summed E-state index contributed by atoms with van der Waals surface area (Å²) in [5.74, 6) is 2.52. The number of aryl methyl sites for hydroxylation is 2. The number of fused-ring (bicyclic) bond motifs is 1. The van der Waals surface area contributed by atoms with Gasteiger partial charge in [-0.1, -0.05) is 11.8 Å². The molecule has 1 aromatic carbocycles. The smallest absolute Gasteiger partial charge is 0.259 e. The number of aromatic amines is 2. The van der Waals surface area contributed by atoms with Gasteiger partial charge in [-0.25, -0.2) is 9.97 Å². The van der Waals surface area contributed by atoms with Gasteiger partial charge >= 0.3 is 0 Å². The van der Waals surface area contributed by atoms with E-state index in [0.29, 0.717) is 33.7 Å². The lowest BCUT2D eigenvalue weighted by atomic mass is 10.2. The Bertz CT molecular complexity index is 1280. The van der Waals surface area contributed by atoms with Crippen LogP contribution in [-0.2, 0) is 0 Å². The second-order valence-electron chi connectivity index (χ2n) is 6.71. The summed E-state index contributed by atoms with van der Waals surface area (Å²) in [5, 5.41) is 8.34. The summed E-state index contributed by atoms with van der Waals surface area (Å²) in [6.07, 6.45) is 0. The first-order valence-electron chi connectivity index (χ1n) is 9.22. The van der Waals surface area contributed by atoms with Crippen LogP contribution in [0.3, 0.4) is 0 Å². The molecule has 0 spiro atoms. The molecular weight excluding hydrogens is 422 g/mol. The molecule has 4 aromatic rings. The third-order valence-electron chi connectivity index (χ3n) is 4.85. The third kappa shape index (κ3) is 3.68. The predicted molar refractivity (Wildman–Crippen MR) is 119 cm³/mol. The molecule has 10 heteroatoms. The summed E-state index contributed by atoms with van der Waals surface area (Å²) in [7, 11) is 3.20. The number of thiophene rings is 1. The van der Waals surface area contributed by atoms with Crippen LogP contribution in [-0.4, -0.2) is 39.4 Å². The van der Waals surface area contributed by atoms with Crippen LogP contribution in [0.5, 0.6) is 11.5 Å². The maximum absolute atomic E-state index is 12.5. The number of H-pyrrole nitrogens is 2. The highest BCUT2D eigenvalue weighted by Gasteiger charge is 2.19. The van der Waals surface area contributed by atoms with Crippen LogP contribution in [0.1, 0.15) is 28.4 Å². The summed E-state index contributed by atoms with van der Waals surface area (Å²) in [5.41, 5.74) is 1.66. The number of aromatic nitrogens is 5. The van der Waals surface area contributed by atoms with Gasteiger partial charge in [0.05, 0.1) is 30.4 Å². The third-order valence-corrected chi connectivity index (χ3v) is 6.92. The van der Waals surface area contributed by atoms with Gasteiger partial charge in [0, 0.05) is 10.9 Å². The number of rotatable bonds is 6. The molecule has 0 aliphatic rings. The van der Waals surface area contributed by atoms with Gasteiger partial charge in [0.25, 0.3) is 5.56 Å². The van der Waals surface area contributed by atoms with Crippen molar-refractivity contribution in [2.75, 3.05) is 14.2 Å². The van der Waals surface area contributed by atoms with Gasteiger partial charge in [0.15, 0.2) is 5.82 Å². The quantitative estimate of drug-likeness (QED) is 0.429. The monoisotopic (exact) mass is 443 g/mol. The number of thioether (sulfide) groups is 1. The van der Waals surface area contributed by atoms with E-state index in [1.54, 1.807) is 20.3 Å². The molecular formula is C20H21N5O3S2. The van der Waals surface area contributed by atoms with E-state index >= 15 is 0 Å². The molecule has 1 unspecified atom stereocenters. The van der Waals surface area contributed by atoms with Crippen molar-refractivity contribution in [3.05, 3.63) is 44.8 Å². The first kappa shape index (κ1) is 20.4. The Labute approximate surface area is 181 Å². The number of nitrogens with zero attached hydrogens (tertiary/aromatic N) is 3. The van der Waals surface area contributed by atoms with E-state index in [-0.39, 0.29) is 10.8 Å². The molecule has 156 valence electrons. The normalized spacial score (nSPS) is 12.3. The van der Waals surface area contributed by atoms with Crippen LogP contribution in [0.4, 0.5) is 0 Å². The molecule has 2 N–H and O–H groups in total. The van der Waals surface area contributed by atoms with Crippen LogP contribution in [0, 0.1) is 13.8 Å². The van der Waals surface area contributed by atoms with Gasteiger partial charge in [-0.05, 0) is 38.5 Å². The van der Waals surface area contributed by atoms with Gasteiger partial charge in [-0.3, -0.25) is 9.89 Å². The zero-order chi connectivity index (χ0) is 21.4. The largest absolute Gasteiger partial charge is 0.497 e.